The minimum Gasteiger partial charge on any atom is -0.465 e. The van der Waals surface area contributed by atoms with Crippen molar-refractivity contribution < 1.29 is 46.6 Å². The molecule has 0 bridgehead atoms. The fourth-order valence-electron chi connectivity index (χ4n) is 4.88. The van der Waals surface area contributed by atoms with Crippen molar-refractivity contribution in [2.75, 3.05) is 37.1 Å². The first-order valence-electron chi connectivity index (χ1n) is 14.2. The summed E-state index contributed by atoms with van der Waals surface area (Å²) >= 11 is 2.20. The van der Waals surface area contributed by atoms with Crippen LogP contribution < -0.4 is 10.1 Å². The van der Waals surface area contributed by atoms with E-state index in [4.69, 9.17) is 14.2 Å². The van der Waals surface area contributed by atoms with Gasteiger partial charge in [0.05, 0.1) is 41.7 Å². The molecule has 0 unspecified atom stereocenters. The Morgan fingerprint density at radius 1 is 0.956 bits per heavy atom. The Morgan fingerprint density at radius 3 is 2.40 bits per heavy atom. The number of aryl methyl sites for hydroxylation is 1. The highest BCUT2D eigenvalue weighted by Gasteiger charge is 2.28. The number of hydrogen-bond acceptors (Lipinski definition) is 12. The van der Waals surface area contributed by atoms with Crippen molar-refractivity contribution in [1.82, 2.24) is 4.57 Å². The van der Waals surface area contributed by atoms with Crippen molar-refractivity contribution in [2.24, 2.45) is 4.99 Å². The topological polar surface area (TPSA) is 176 Å². The van der Waals surface area contributed by atoms with Crippen molar-refractivity contribution in [1.29, 1.82) is 0 Å². The summed E-state index contributed by atoms with van der Waals surface area (Å²) in [6, 6.07) is 4.54. The largest absolute Gasteiger partial charge is 0.465 e. The van der Waals surface area contributed by atoms with E-state index in [2.05, 4.69) is 10.3 Å². The predicted molar refractivity (Wildman–Crippen MR) is 167 cm³/mol. The maximum Gasteiger partial charge on any atom is 0.341 e. The van der Waals surface area contributed by atoms with E-state index in [-0.39, 0.29) is 40.7 Å². The first kappa shape index (κ1) is 34.0. The molecule has 1 aliphatic carbocycles. The molecule has 2 heterocycles. The summed E-state index contributed by atoms with van der Waals surface area (Å²) in [5.41, 5.74) is 1.76. The zero-order valence-electron chi connectivity index (χ0n) is 25.0. The van der Waals surface area contributed by atoms with Gasteiger partial charge in [-0.05, 0) is 63.3 Å². The summed E-state index contributed by atoms with van der Waals surface area (Å²) in [7, 11) is -3.06. The van der Waals surface area contributed by atoms with Crippen LogP contribution >= 0.6 is 22.7 Å². The molecule has 0 aliphatic heterocycles. The van der Waals surface area contributed by atoms with Gasteiger partial charge in [0.1, 0.15) is 23.1 Å². The van der Waals surface area contributed by atoms with Crippen LogP contribution in [0.25, 0.3) is 10.2 Å². The van der Waals surface area contributed by atoms with E-state index in [0.717, 1.165) is 47.5 Å². The van der Waals surface area contributed by atoms with Gasteiger partial charge < -0.3 is 24.1 Å². The fraction of sp³-hybridized carbons (Fsp3) is 0.448. The van der Waals surface area contributed by atoms with Crippen molar-refractivity contribution in [3.8, 4) is 0 Å². The number of methoxy groups -OCH3 is 1. The van der Waals surface area contributed by atoms with E-state index < -0.39 is 51.1 Å². The van der Waals surface area contributed by atoms with E-state index >= 15 is 0 Å². The Kier molecular flexibility index (Phi) is 11.3. The second-order valence-corrected chi connectivity index (χ2v) is 14.2. The molecule has 1 N–H and O–H groups in total. The van der Waals surface area contributed by atoms with Gasteiger partial charge in [0.15, 0.2) is 14.6 Å². The second kappa shape index (κ2) is 14.9. The number of rotatable bonds is 11. The molecule has 16 heteroatoms. The van der Waals surface area contributed by atoms with Crippen LogP contribution in [0.3, 0.4) is 0 Å². The molecule has 0 spiro atoms. The first-order valence-corrected chi connectivity index (χ1v) is 17.7. The van der Waals surface area contributed by atoms with Crippen LogP contribution in [-0.4, -0.2) is 74.5 Å². The molecule has 13 nitrogen and oxygen atoms in total. The first-order chi connectivity index (χ1) is 21.5. The Morgan fingerprint density at radius 2 is 1.69 bits per heavy atom. The van der Waals surface area contributed by atoms with Crippen molar-refractivity contribution in [3.63, 3.8) is 0 Å². The van der Waals surface area contributed by atoms with E-state index in [1.54, 1.807) is 19.9 Å². The quantitative estimate of drug-likeness (QED) is 0.180. The van der Waals surface area contributed by atoms with Crippen LogP contribution in [0.15, 0.2) is 23.2 Å². The highest BCUT2D eigenvalue weighted by molar-refractivity contribution is 7.92. The summed E-state index contributed by atoms with van der Waals surface area (Å²) in [6.45, 7) is 3.25. The number of anilines is 1. The molecule has 242 valence electrons. The lowest BCUT2D eigenvalue weighted by atomic mass is 10.1. The zero-order chi connectivity index (χ0) is 32.7. The Labute approximate surface area is 267 Å². The SMILES string of the molecule is CCOC(=O)Cn1c(=NC(=O)CS(=O)(=O)CC(=O)Nc2sc3c(c2C(=O)OCC)CCCCC3)sc2cc(C(=O)OC)ccc21. The third-order valence-electron chi connectivity index (χ3n) is 6.76. The van der Waals surface area contributed by atoms with E-state index in [9.17, 15) is 32.4 Å². The van der Waals surface area contributed by atoms with Crippen LogP contribution in [0.1, 0.15) is 64.3 Å². The lowest BCUT2D eigenvalue weighted by molar-refractivity contribution is -0.143. The summed E-state index contributed by atoms with van der Waals surface area (Å²) < 4.78 is 42.7. The highest BCUT2D eigenvalue weighted by Crippen LogP contribution is 2.38. The van der Waals surface area contributed by atoms with Gasteiger partial charge >= 0.3 is 17.9 Å². The van der Waals surface area contributed by atoms with Gasteiger partial charge in [-0.15, -0.1) is 11.3 Å². The molecule has 2 amide bonds. The van der Waals surface area contributed by atoms with Gasteiger partial charge in [-0.1, -0.05) is 17.8 Å². The van der Waals surface area contributed by atoms with Gasteiger partial charge in [-0.3, -0.25) is 14.4 Å². The smallest absolute Gasteiger partial charge is 0.341 e. The molecule has 0 atom stereocenters. The molecule has 0 fully saturated rings. The monoisotopic (exact) mass is 679 g/mol. The normalized spacial score (nSPS) is 13.5. The molecule has 0 radical (unpaired) electrons. The van der Waals surface area contributed by atoms with Crippen LogP contribution in [0.5, 0.6) is 0 Å². The van der Waals surface area contributed by atoms with Crippen molar-refractivity contribution >= 4 is 77.5 Å². The third kappa shape index (κ3) is 8.43. The number of thiophene rings is 1. The molecule has 0 saturated carbocycles. The van der Waals surface area contributed by atoms with Gasteiger partial charge in [-0.2, -0.15) is 4.99 Å². The van der Waals surface area contributed by atoms with Crippen LogP contribution in [-0.2, 0) is 57.8 Å². The number of esters is 3. The molecule has 4 rings (SSSR count). The average Bonchev–Trinajstić information content (AvgIpc) is 3.37. The van der Waals surface area contributed by atoms with Crippen LogP contribution in [0.4, 0.5) is 5.00 Å². The van der Waals surface area contributed by atoms with E-state index in [1.807, 2.05) is 0 Å². The Balaban J connectivity index is 1.56. The minimum atomic E-state index is -4.29. The Bertz CT molecular complexity index is 1820. The predicted octanol–water partition coefficient (Wildman–Crippen LogP) is 3.04. The summed E-state index contributed by atoms with van der Waals surface area (Å²) in [5, 5.41) is 2.78. The highest BCUT2D eigenvalue weighted by atomic mass is 32.2. The number of sulfone groups is 1. The van der Waals surface area contributed by atoms with Gasteiger partial charge in [0.25, 0.3) is 5.91 Å². The van der Waals surface area contributed by atoms with Gasteiger partial charge in [-0.25, -0.2) is 18.0 Å². The average molecular weight is 680 g/mol. The molecule has 1 aliphatic rings. The van der Waals surface area contributed by atoms with E-state index in [0.29, 0.717) is 16.6 Å². The number of benzene rings is 1. The molecular formula is C29H33N3O10S3. The van der Waals surface area contributed by atoms with Crippen LogP contribution in [0, 0.1) is 0 Å². The fourth-order valence-corrected chi connectivity index (χ4v) is 8.28. The number of nitrogens with one attached hydrogen (secondary N) is 1. The maximum absolute atomic E-state index is 12.9. The lowest BCUT2D eigenvalue weighted by Crippen LogP contribution is -2.29. The molecule has 1 aromatic carbocycles. The van der Waals surface area contributed by atoms with Crippen molar-refractivity contribution in [3.05, 3.63) is 44.6 Å². The van der Waals surface area contributed by atoms with Crippen molar-refractivity contribution in [2.45, 2.75) is 52.5 Å². The number of amides is 2. The molecule has 2 aromatic heterocycles. The number of ether oxygens (including phenoxy) is 3. The maximum atomic E-state index is 12.9. The number of hydrogen-bond donors (Lipinski definition) is 1. The standard InChI is InChI=1S/C29H33N3O10S3/c1-4-41-24(35)14-32-19-12-11-17(27(36)40-3)13-21(19)44-29(32)31-23(34)16-45(38,39)15-22(33)30-26-25(28(37)42-5-2)18-9-7-6-8-10-20(18)43-26/h11-13H,4-10,14-16H2,1-3H3,(H,30,33). The molecule has 3 aromatic rings. The lowest BCUT2D eigenvalue weighted by Gasteiger charge is -2.08. The number of carbonyl (C=O) groups excluding carboxylic acids is 5. The van der Waals surface area contributed by atoms with Gasteiger partial charge in [0.2, 0.25) is 5.91 Å². The number of nitrogens with zero attached hydrogens (tertiary/aromatic N) is 2. The minimum absolute atomic E-state index is 0.00360. The number of aromatic nitrogens is 1. The van der Waals surface area contributed by atoms with Gasteiger partial charge in [0, 0.05) is 4.88 Å². The van der Waals surface area contributed by atoms with E-state index in [1.165, 1.54) is 35.1 Å². The second-order valence-electron chi connectivity index (χ2n) is 10.0. The van der Waals surface area contributed by atoms with Crippen LogP contribution in [0.2, 0.25) is 0 Å². The number of thiazole rings is 1. The molecule has 45 heavy (non-hydrogen) atoms. The zero-order valence-corrected chi connectivity index (χ0v) is 27.5. The summed E-state index contributed by atoms with van der Waals surface area (Å²) in [4.78, 5) is 67.7. The molecular weight excluding hydrogens is 647 g/mol. The third-order valence-corrected chi connectivity index (χ3v) is 10.4. The Hall–Kier alpha value is -3.89. The summed E-state index contributed by atoms with van der Waals surface area (Å²) in [5.74, 6) is -5.84. The summed E-state index contributed by atoms with van der Waals surface area (Å²) in [6.07, 6.45) is 4.24. The number of fused-ring (bicyclic) bond motifs is 2. The molecule has 0 saturated heterocycles. The number of carbonyl (C=O) groups is 5.